The van der Waals surface area contributed by atoms with Crippen molar-refractivity contribution in [2.75, 3.05) is 7.05 Å². The number of amides is 1. The van der Waals surface area contributed by atoms with Crippen LogP contribution < -0.4 is 5.32 Å². The fraction of sp³-hybridized carbons (Fsp3) is 0.176. The quantitative estimate of drug-likeness (QED) is 0.851. The standard InChI is InChI=1S/C17H16ClNO3/c1-10-13(8-14(9-20)16(21)15(10)18)7-11-3-5-12(6-4-11)17(22)19-2/h3-6,8-9,21H,7H2,1-2H3,(H,19,22). The number of phenolic OH excluding ortho intramolecular Hbond substituents is 1. The summed E-state index contributed by atoms with van der Waals surface area (Å²) in [5.41, 5.74) is 3.33. The second kappa shape index (κ2) is 6.62. The number of aldehydes is 1. The minimum atomic E-state index is -0.187. The number of carbonyl (C=O) groups excluding carboxylic acids is 2. The highest BCUT2D eigenvalue weighted by molar-refractivity contribution is 6.33. The van der Waals surface area contributed by atoms with Crippen molar-refractivity contribution in [2.45, 2.75) is 13.3 Å². The first kappa shape index (κ1) is 16.0. The summed E-state index contributed by atoms with van der Waals surface area (Å²) in [5.74, 6) is -0.327. The van der Waals surface area contributed by atoms with E-state index >= 15 is 0 Å². The van der Waals surface area contributed by atoms with Gasteiger partial charge in [-0.2, -0.15) is 0 Å². The van der Waals surface area contributed by atoms with Gasteiger partial charge in [-0.3, -0.25) is 9.59 Å². The number of benzene rings is 2. The Hall–Kier alpha value is -2.33. The molecule has 2 rings (SSSR count). The molecule has 114 valence electrons. The lowest BCUT2D eigenvalue weighted by atomic mass is 9.97. The molecular formula is C17H16ClNO3. The Kier molecular flexibility index (Phi) is 4.83. The number of carbonyl (C=O) groups is 2. The topological polar surface area (TPSA) is 66.4 Å². The Balaban J connectivity index is 2.33. The van der Waals surface area contributed by atoms with Gasteiger partial charge in [0.1, 0.15) is 5.75 Å². The van der Waals surface area contributed by atoms with Crippen molar-refractivity contribution in [2.24, 2.45) is 0 Å². The largest absolute Gasteiger partial charge is 0.506 e. The number of hydrogen-bond acceptors (Lipinski definition) is 3. The summed E-state index contributed by atoms with van der Waals surface area (Å²) in [4.78, 5) is 22.5. The first-order valence-corrected chi connectivity index (χ1v) is 7.12. The van der Waals surface area contributed by atoms with Crippen molar-refractivity contribution >= 4 is 23.8 Å². The molecule has 0 bridgehead atoms. The molecule has 2 aromatic carbocycles. The first-order valence-electron chi connectivity index (χ1n) is 6.75. The minimum Gasteiger partial charge on any atom is -0.506 e. The summed E-state index contributed by atoms with van der Waals surface area (Å²) < 4.78 is 0. The number of phenols is 1. The number of hydrogen-bond donors (Lipinski definition) is 2. The van der Waals surface area contributed by atoms with E-state index in [4.69, 9.17) is 11.6 Å². The van der Waals surface area contributed by atoms with Crippen LogP contribution >= 0.6 is 11.6 Å². The maximum absolute atomic E-state index is 11.5. The molecule has 0 saturated heterocycles. The van der Waals surface area contributed by atoms with E-state index in [1.165, 1.54) is 0 Å². The molecule has 1 amide bonds. The normalized spacial score (nSPS) is 10.3. The van der Waals surface area contributed by atoms with Crippen LogP contribution in [-0.4, -0.2) is 24.3 Å². The average molecular weight is 318 g/mol. The van der Waals surface area contributed by atoms with Crippen molar-refractivity contribution in [1.82, 2.24) is 5.32 Å². The summed E-state index contributed by atoms with van der Waals surface area (Å²) in [5, 5.41) is 12.5. The number of nitrogens with one attached hydrogen (secondary N) is 1. The lowest BCUT2D eigenvalue weighted by Gasteiger charge is -2.11. The second-order valence-electron chi connectivity index (χ2n) is 4.98. The third kappa shape index (κ3) is 3.12. The van der Waals surface area contributed by atoms with Crippen molar-refractivity contribution in [3.63, 3.8) is 0 Å². The second-order valence-corrected chi connectivity index (χ2v) is 5.36. The van der Waals surface area contributed by atoms with Crippen LogP contribution in [0, 0.1) is 6.92 Å². The molecule has 22 heavy (non-hydrogen) atoms. The van der Waals surface area contributed by atoms with Crippen LogP contribution in [-0.2, 0) is 6.42 Å². The molecule has 0 spiro atoms. The Morgan fingerprint density at radius 1 is 1.32 bits per heavy atom. The summed E-state index contributed by atoms with van der Waals surface area (Å²) >= 11 is 6.06. The first-order chi connectivity index (χ1) is 10.5. The summed E-state index contributed by atoms with van der Waals surface area (Å²) in [6.07, 6.45) is 1.14. The highest BCUT2D eigenvalue weighted by Gasteiger charge is 2.13. The highest BCUT2D eigenvalue weighted by atomic mass is 35.5. The zero-order chi connectivity index (χ0) is 16.3. The van der Waals surface area contributed by atoms with Gasteiger partial charge in [0.25, 0.3) is 5.91 Å². The van der Waals surface area contributed by atoms with E-state index in [1.807, 2.05) is 12.1 Å². The molecule has 0 fully saturated rings. The fourth-order valence-electron chi connectivity index (χ4n) is 2.22. The lowest BCUT2D eigenvalue weighted by Crippen LogP contribution is -2.17. The van der Waals surface area contributed by atoms with E-state index in [0.29, 0.717) is 18.3 Å². The highest BCUT2D eigenvalue weighted by Crippen LogP contribution is 2.33. The van der Waals surface area contributed by atoms with Crippen molar-refractivity contribution in [3.8, 4) is 5.75 Å². The van der Waals surface area contributed by atoms with Crippen LogP contribution in [0.1, 0.15) is 37.4 Å². The van der Waals surface area contributed by atoms with Crippen LogP contribution in [0.3, 0.4) is 0 Å². The van der Waals surface area contributed by atoms with E-state index in [2.05, 4.69) is 5.32 Å². The maximum Gasteiger partial charge on any atom is 0.251 e. The molecule has 0 aliphatic rings. The molecule has 0 aromatic heterocycles. The van der Waals surface area contributed by atoms with E-state index in [1.54, 1.807) is 32.2 Å². The van der Waals surface area contributed by atoms with Gasteiger partial charge < -0.3 is 10.4 Å². The average Bonchev–Trinajstić information content (AvgIpc) is 2.55. The zero-order valence-corrected chi connectivity index (χ0v) is 13.1. The van der Waals surface area contributed by atoms with Crippen LogP contribution in [0.2, 0.25) is 5.02 Å². The van der Waals surface area contributed by atoms with Gasteiger partial charge in [-0.05, 0) is 48.2 Å². The third-order valence-electron chi connectivity index (χ3n) is 3.59. The molecule has 0 saturated carbocycles. The molecule has 0 aliphatic heterocycles. The molecule has 4 nitrogen and oxygen atoms in total. The molecular weight excluding hydrogens is 302 g/mol. The van der Waals surface area contributed by atoms with Crippen LogP contribution in [0.15, 0.2) is 30.3 Å². The van der Waals surface area contributed by atoms with Gasteiger partial charge in [-0.25, -0.2) is 0 Å². The predicted molar refractivity (Wildman–Crippen MR) is 85.9 cm³/mol. The molecule has 0 aliphatic carbocycles. The van der Waals surface area contributed by atoms with Crippen LogP contribution in [0.4, 0.5) is 0 Å². The van der Waals surface area contributed by atoms with Crippen molar-refractivity contribution in [1.29, 1.82) is 0 Å². The summed E-state index contributed by atoms with van der Waals surface area (Å²) in [6, 6.07) is 8.82. The Morgan fingerprint density at radius 2 is 1.95 bits per heavy atom. The Labute approximate surface area is 133 Å². The van der Waals surface area contributed by atoms with E-state index in [-0.39, 0.29) is 22.2 Å². The Morgan fingerprint density at radius 3 is 2.50 bits per heavy atom. The summed E-state index contributed by atoms with van der Waals surface area (Å²) in [7, 11) is 1.58. The number of rotatable bonds is 4. The van der Waals surface area contributed by atoms with E-state index in [9.17, 15) is 14.7 Å². The smallest absolute Gasteiger partial charge is 0.251 e. The SMILES string of the molecule is CNC(=O)c1ccc(Cc2cc(C=O)c(O)c(Cl)c2C)cc1. The van der Waals surface area contributed by atoms with Gasteiger partial charge in [0.05, 0.1) is 10.6 Å². The van der Waals surface area contributed by atoms with Crippen LogP contribution in [0.25, 0.3) is 0 Å². The molecule has 0 heterocycles. The predicted octanol–water partition coefficient (Wildman–Crippen LogP) is 3.12. The zero-order valence-electron chi connectivity index (χ0n) is 12.3. The van der Waals surface area contributed by atoms with Crippen molar-refractivity contribution < 1.29 is 14.7 Å². The lowest BCUT2D eigenvalue weighted by molar-refractivity contribution is 0.0962. The van der Waals surface area contributed by atoms with Gasteiger partial charge in [-0.1, -0.05) is 23.7 Å². The van der Waals surface area contributed by atoms with Gasteiger partial charge in [-0.15, -0.1) is 0 Å². The van der Waals surface area contributed by atoms with Gasteiger partial charge >= 0.3 is 0 Å². The monoisotopic (exact) mass is 317 g/mol. The molecule has 0 radical (unpaired) electrons. The van der Waals surface area contributed by atoms with Gasteiger partial charge in [0.15, 0.2) is 6.29 Å². The molecule has 0 unspecified atom stereocenters. The van der Waals surface area contributed by atoms with E-state index in [0.717, 1.165) is 16.7 Å². The molecule has 2 N–H and O–H groups in total. The van der Waals surface area contributed by atoms with Gasteiger partial charge in [0, 0.05) is 12.6 Å². The maximum atomic E-state index is 11.5. The molecule has 2 aromatic rings. The third-order valence-corrected chi connectivity index (χ3v) is 4.05. The molecule has 0 atom stereocenters. The van der Waals surface area contributed by atoms with Crippen LogP contribution in [0.5, 0.6) is 5.75 Å². The minimum absolute atomic E-state index is 0.140. The fourth-order valence-corrected chi connectivity index (χ4v) is 2.45. The number of halogens is 1. The van der Waals surface area contributed by atoms with Crippen molar-refractivity contribution in [3.05, 3.63) is 63.2 Å². The Bertz CT molecular complexity index is 724. The van der Waals surface area contributed by atoms with E-state index < -0.39 is 0 Å². The summed E-state index contributed by atoms with van der Waals surface area (Å²) in [6.45, 7) is 1.80. The van der Waals surface area contributed by atoms with Gasteiger partial charge in [0.2, 0.25) is 0 Å². The molecule has 5 heteroatoms. The number of aromatic hydroxyl groups is 1.